The third-order valence-electron chi connectivity index (χ3n) is 4.63. The summed E-state index contributed by atoms with van der Waals surface area (Å²) in [6.07, 6.45) is 0.762. The number of halogens is 2. The molecular formula is C22H21F2NO2S. The van der Waals surface area contributed by atoms with E-state index in [1.807, 2.05) is 19.1 Å². The van der Waals surface area contributed by atoms with E-state index < -0.39 is 21.5 Å². The molecule has 146 valence electrons. The molecule has 0 spiro atoms. The van der Waals surface area contributed by atoms with Crippen molar-refractivity contribution in [2.75, 3.05) is 0 Å². The molecular weight excluding hydrogens is 380 g/mol. The summed E-state index contributed by atoms with van der Waals surface area (Å²) in [5.74, 6) is -1.51. The van der Waals surface area contributed by atoms with E-state index in [4.69, 9.17) is 5.73 Å². The highest BCUT2D eigenvalue weighted by Crippen LogP contribution is 2.26. The van der Waals surface area contributed by atoms with Gasteiger partial charge in [-0.05, 0) is 47.4 Å². The van der Waals surface area contributed by atoms with Crippen LogP contribution >= 0.6 is 0 Å². The van der Waals surface area contributed by atoms with Crippen LogP contribution in [0.5, 0.6) is 0 Å². The monoisotopic (exact) mass is 401 g/mol. The van der Waals surface area contributed by atoms with E-state index in [2.05, 4.69) is 0 Å². The average molecular weight is 401 g/mol. The van der Waals surface area contributed by atoms with Crippen molar-refractivity contribution in [3.8, 4) is 11.1 Å². The number of benzene rings is 3. The van der Waals surface area contributed by atoms with Crippen molar-refractivity contribution in [1.29, 1.82) is 0 Å². The van der Waals surface area contributed by atoms with Crippen LogP contribution in [-0.2, 0) is 15.6 Å². The smallest absolute Gasteiger partial charge is 0.182 e. The van der Waals surface area contributed by atoms with Crippen molar-refractivity contribution in [2.24, 2.45) is 5.73 Å². The predicted octanol–water partition coefficient (Wildman–Crippen LogP) is 5.02. The molecule has 0 radical (unpaired) electrons. The second-order valence-electron chi connectivity index (χ2n) is 6.67. The normalized spacial score (nSPS) is 12.7. The molecule has 0 saturated carbocycles. The van der Waals surface area contributed by atoms with Crippen LogP contribution in [0.3, 0.4) is 0 Å². The lowest BCUT2D eigenvalue weighted by Gasteiger charge is -2.11. The molecule has 6 heteroatoms. The summed E-state index contributed by atoms with van der Waals surface area (Å²) >= 11 is 0. The summed E-state index contributed by atoms with van der Waals surface area (Å²) in [7, 11) is -3.57. The highest BCUT2D eigenvalue weighted by atomic mass is 32.2. The van der Waals surface area contributed by atoms with Gasteiger partial charge in [0, 0.05) is 17.7 Å². The molecule has 1 unspecified atom stereocenters. The lowest BCUT2D eigenvalue weighted by Crippen LogP contribution is -2.10. The first-order chi connectivity index (χ1) is 13.3. The molecule has 3 rings (SSSR count). The molecule has 3 nitrogen and oxygen atoms in total. The number of sulfone groups is 1. The molecule has 0 aliphatic rings. The van der Waals surface area contributed by atoms with Gasteiger partial charge in [0.25, 0.3) is 0 Å². The van der Waals surface area contributed by atoms with Gasteiger partial charge in [-0.15, -0.1) is 0 Å². The van der Waals surface area contributed by atoms with E-state index >= 15 is 0 Å². The van der Waals surface area contributed by atoms with Crippen LogP contribution in [0.4, 0.5) is 8.78 Å². The van der Waals surface area contributed by atoms with E-state index in [0.717, 1.165) is 24.1 Å². The number of hydrogen-bond donors (Lipinski definition) is 1. The van der Waals surface area contributed by atoms with Crippen molar-refractivity contribution >= 4 is 9.84 Å². The largest absolute Gasteiger partial charge is 0.324 e. The van der Waals surface area contributed by atoms with Crippen molar-refractivity contribution in [3.63, 3.8) is 0 Å². The Bertz CT molecular complexity index is 1080. The van der Waals surface area contributed by atoms with E-state index in [-0.39, 0.29) is 22.3 Å². The average Bonchev–Trinajstić information content (AvgIpc) is 2.67. The Morgan fingerprint density at radius 1 is 0.964 bits per heavy atom. The minimum Gasteiger partial charge on any atom is -0.324 e. The Kier molecular flexibility index (Phi) is 5.91. The lowest BCUT2D eigenvalue weighted by atomic mass is 10.0. The zero-order chi connectivity index (χ0) is 20.3. The summed E-state index contributed by atoms with van der Waals surface area (Å²) in [5, 5.41) is 0. The molecule has 0 amide bonds. The van der Waals surface area contributed by atoms with Crippen LogP contribution in [-0.4, -0.2) is 8.42 Å². The Morgan fingerprint density at radius 3 is 2.32 bits per heavy atom. The molecule has 0 saturated heterocycles. The van der Waals surface area contributed by atoms with Crippen molar-refractivity contribution < 1.29 is 17.2 Å². The Morgan fingerprint density at radius 2 is 1.68 bits per heavy atom. The third kappa shape index (κ3) is 4.46. The summed E-state index contributed by atoms with van der Waals surface area (Å²) in [6, 6.07) is 16.3. The van der Waals surface area contributed by atoms with Crippen LogP contribution in [0.1, 0.15) is 30.5 Å². The first-order valence-corrected chi connectivity index (χ1v) is 10.6. The van der Waals surface area contributed by atoms with Crippen LogP contribution in [0.2, 0.25) is 0 Å². The van der Waals surface area contributed by atoms with Crippen LogP contribution in [0, 0.1) is 11.6 Å². The Balaban J connectivity index is 1.85. The molecule has 0 fully saturated rings. The molecule has 0 heterocycles. The molecule has 0 aliphatic carbocycles. The fourth-order valence-electron chi connectivity index (χ4n) is 3.02. The summed E-state index contributed by atoms with van der Waals surface area (Å²) < 4.78 is 52.5. The molecule has 0 bridgehead atoms. The minimum absolute atomic E-state index is 0.132. The molecule has 3 aromatic carbocycles. The number of nitrogens with two attached hydrogens (primary N) is 1. The fourth-order valence-corrected chi connectivity index (χ4v) is 4.35. The van der Waals surface area contributed by atoms with Gasteiger partial charge >= 0.3 is 0 Å². The number of rotatable bonds is 6. The van der Waals surface area contributed by atoms with Crippen molar-refractivity contribution in [3.05, 3.63) is 89.5 Å². The van der Waals surface area contributed by atoms with Crippen molar-refractivity contribution in [1.82, 2.24) is 0 Å². The van der Waals surface area contributed by atoms with E-state index in [1.54, 1.807) is 12.1 Å². The van der Waals surface area contributed by atoms with Crippen LogP contribution in [0.15, 0.2) is 71.6 Å². The van der Waals surface area contributed by atoms with Gasteiger partial charge in [-0.1, -0.05) is 43.3 Å². The predicted molar refractivity (Wildman–Crippen MR) is 106 cm³/mol. The first-order valence-electron chi connectivity index (χ1n) is 8.93. The molecule has 2 N–H and O–H groups in total. The van der Waals surface area contributed by atoms with E-state index in [1.165, 1.54) is 30.3 Å². The summed E-state index contributed by atoms with van der Waals surface area (Å²) in [5.41, 5.74) is 8.28. The molecule has 0 aliphatic heterocycles. The maximum absolute atomic E-state index is 13.9. The van der Waals surface area contributed by atoms with Gasteiger partial charge in [0.15, 0.2) is 9.84 Å². The SMILES string of the molecule is CCC(N)c1cccc(CS(=O)(=O)c2ccc(-c3ccc(F)cc3F)cc2)c1. The highest BCUT2D eigenvalue weighted by molar-refractivity contribution is 7.90. The van der Waals surface area contributed by atoms with Crippen molar-refractivity contribution in [2.45, 2.75) is 30.0 Å². The summed E-state index contributed by atoms with van der Waals surface area (Å²) in [4.78, 5) is 0.143. The third-order valence-corrected chi connectivity index (χ3v) is 6.34. The minimum atomic E-state index is -3.57. The van der Waals surface area contributed by atoms with E-state index in [9.17, 15) is 17.2 Å². The van der Waals surface area contributed by atoms with Gasteiger partial charge in [-0.3, -0.25) is 0 Å². The standard InChI is InChI=1S/C22H21F2NO2S/c1-2-22(25)17-5-3-4-15(12-17)14-28(26,27)19-9-6-16(7-10-19)20-11-8-18(23)13-21(20)24/h3-13,22H,2,14,25H2,1H3. The van der Waals surface area contributed by atoms with Gasteiger partial charge in [0.2, 0.25) is 0 Å². The zero-order valence-corrected chi connectivity index (χ0v) is 16.2. The quantitative estimate of drug-likeness (QED) is 0.631. The second-order valence-corrected chi connectivity index (χ2v) is 8.66. The molecule has 1 atom stereocenters. The zero-order valence-electron chi connectivity index (χ0n) is 15.4. The van der Waals surface area contributed by atoms with Gasteiger partial charge in [0.05, 0.1) is 10.6 Å². The van der Waals surface area contributed by atoms with Gasteiger partial charge < -0.3 is 5.73 Å². The maximum atomic E-state index is 13.9. The number of hydrogen-bond acceptors (Lipinski definition) is 3. The van der Waals surface area contributed by atoms with Gasteiger partial charge in [-0.2, -0.15) is 0 Å². The molecule has 3 aromatic rings. The fraction of sp³-hybridized carbons (Fsp3) is 0.182. The van der Waals surface area contributed by atoms with E-state index in [0.29, 0.717) is 11.1 Å². The highest BCUT2D eigenvalue weighted by Gasteiger charge is 2.17. The van der Waals surface area contributed by atoms with Gasteiger partial charge in [-0.25, -0.2) is 17.2 Å². The Labute approximate surface area is 163 Å². The summed E-state index contributed by atoms with van der Waals surface area (Å²) in [6.45, 7) is 1.97. The molecule has 0 aromatic heterocycles. The van der Waals surface area contributed by atoms with Crippen LogP contribution < -0.4 is 5.73 Å². The second kappa shape index (κ2) is 8.20. The maximum Gasteiger partial charge on any atom is 0.182 e. The topological polar surface area (TPSA) is 60.2 Å². The van der Waals surface area contributed by atoms with Crippen LogP contribution in [0.25, 0.3) is 11.1 Å². The molecule has 28 heavy (non-hydrogen) atoms. The lowest BCUT2D eigenvalue weighted by molar-refractivity contribution is 0.585. The first kappa shape index (κ1) is 20.2. The van der Waals surface area contributed by atoms with Gasteiger partial charge in [0.1, 0.15) is 11.6 Å². The Hall–Kier alpha value is -2.57.